The maximum Gasteiger partial charge on any atom is 0.407 e. The average molecular weight is 468 g/mol. The molecule has 2 fully saturated rings. The van der Waals surface area contributed by atoms with Crippen LogP contribution >= 0.6 is 11.8 Å². The maximum absolute atomic E-state index is 12.5. The number of ether oxygens (including phenoxy) is 1. The van der Waals surface area contributed by atoms with Crippen LogP contribution in [-0.2, 0) is 19.4 Å². The Hall–Kier alpha value is -2.07. The minimum Gasteiger partial charge on any atom is -0.444 e. The van der Waals surface area contributed by atoms with E-state index in [-0.39, 0.29) is 41.7 Å². The molecule has 1 aromatic rings. The summed E-state index contributed by atoms with van der Waals surface area (Å²) in [7, 11) is -3.12. The highest BCUT2D eigenvalue weighted by Crippen LogP contribution is 2.42. The number of nitrogens with one attached hydrogen (secondary N) is 1. The van der Waals surface area contributed by atoms with Crippen LogP contribution in [0, 0.1) is 13.8 Å². The summed E-state index contributed by atoms with van der Waals surface area (Å²) in [5, 5.41) is 2.91. The molecule has 0 saturated carbocycles. The number of nitrogens with zero attached hydrogens (tertiary/aromatic N) is 2. The lowest BCUT2D eigenvalue weighted by atomic mass is 10.1. The molecule has 2 aliphatic heterocycles. The molecule has 2 saturated heterocycles. The second kappa shape index (κ2) is 8.82. The zero-order valence-electron chi connectivity index (χ0n) is 18.5. The van der Waals surface area contributed by atoms with Gasteiger partial charge >= 0.3 is 6.09 Å². The van der Waals surface area contributed by atoms with E-state index in [2.05, 4.69) is 10.3 Å². The Kier molecular flexibility index (Phi) is 6.71. The van der Waals surface area contributed by atoms with Gasteiger partial charge in [0.15, 0.2) is 15.0 Å². The highest BCUT2D eigenvalue weighted by Gasteiger charge is 2.49. The van der Waals surface area contributed by atoms with Crippen molar-refractivity contribution in [2.24, 2.45) is 4.99 Å². The fourth-order valence-corrected chi connectivity index (χ4v) is 7.52. The molecule has 0 aliphatic carbocycles. The number of fused-ring (bicyclic) bond motifs is 1. The largest absolute Gasteiger partial charge is 0.444 e. The van der Waals surface area contributed by atoms with Gasteiger partial charge in [0, 0.05) is 23.9 Å². The van der Waals surface area contributed by atoms with Crippen molar-refractivity contribution < 1.29 is 22.7 Å². The molecular formula is C21H29N3O5S2. The van der Waals surface area contributed by atoms with E-state index in [9.17, 15) is 18.0 Å². The molecule has 0 aromatic heterocycles. The fourth-order valence-electron chi connectivity index (χ4n) is 3.59. The Morgan fingerprint density at radius 1 is 1.26 bits per heavy atom. The topological polar surface area (TPSA) is 105 Å². The molecule has 2 atom stereocenters. The molecule has 0 radical (unpaired) electrons. The number of rotatable bonds is 4. The maximum atomic E-state index is 12.5. The fraction of sp³-hybridized carbons (Fsp3) is 0.571. The summed E-state index contributed by atoms with van der Waals surface area (Å²) in [5.41, 5.74) is 2.37. The SMILES string of the molecule is Cc1cccc(N2C(=NC(=O)CCNC(=O)OC(C)(C)C)SC3CS(=O)(=O)CC32)c1C. The second-order valence-electron chi connectivity index (χ2n) is 8.86. The number of carbonyl (C=O) groups excluding carboxylic acids is 2. The van der Waals surface area contributed by atoms with E-state index in [0.717, 1.165) is 16.8 Å². The molecule has 2 aliphatic rings. The molecule has 170 valence electrons. The van der Waals surface area contributed by atoms with E-state index in [4.69, 9.17) is 4.74 Å². The lowest BCUT2D eigenvalue weighted by Crippen LogP contribution is -2.38. The molecule has 2 heterocycles. The number of thioether (sulfide) groups is 1. The van der Waals surface area contributed by atoms with E-state index in [1.165, 1.54) is 11.8 Å². The first-order chi connectivity index (χ1) is 14.4. The third-order valence-corrected chi connectivity index (χ3v) is 8.34. The molecule has 3 rings (SSSR count). The number of hydrogen-bond acceptors (Lipinski definition) is 6. The van der Waals surface area contributed by atoms with Crippen LogP contribution in [0.15, 0.2) is 23.2 Å². The summed E-state index contributed by atoms with van der Waals surface area (Å²) in [6.07, 6.45) is -0.558. The predicted octanol–water partition coefficient (Wildman–Crippen LogP) is 2.82. The Morgan fingerprint density at radius 2 is 1.97 bits per heavy atom. The third kappa shape index (κ3) is 5.79. The van der Waals surface area contributed by atoms with Crippen LogP contribution in [0.1, 0.15) is 38.3 Å². The van der Waals surface area contributed by atoms with Gasteiger partial charge in [-0.2, -0.15) is 4.99 Å². The number of benzene rings is 1. The van der Waals surface area contributed by atoms with Crippen molar-refractivity contribution in [2.45, 2.75) is 57.9 Å². The van der Waals surface area contributed by atoms with Crippen molar-refractivity contribution in [1.82, 2.24) is 5.32 Å². The highest BCUT2D eigenvalue weighted by molar-refractivity contribution is 8.16. The smallest absolute Gasteiger partial charge is 0.407 e. The number of amides is 2. The van der Waals surface area contributed by atoms with Gasteiger partial charge in [-0.15, -0.1) is 0 Å². The first-order valence-corrected chi connectivity index (χ1v) is 12.9. The summed E-state index contributed by atoms with van der Waals surface area (Å²) in [5.74, 6) is -0.251. The average Bonchev–Trinajstić information content (AvgIpc) is 3.07. The molecule has 1 aromatic carbocycles. The molecule has 2 amide bonds. The zero-order chi connectivity index (χ0) is 23.0. The van der Waals surface area contributed by atoms with Crippen molar-refractivity contribution in [3.05, 3.63) is 29.3 Å². The Bertz CT molecular complexity index is 1010. The van der Waals surface area contributed by atoms with Crippen LogP contribution in [0.5, 0.6) is 0 Å². The number of amidine groups is 1. The summed E-state index contributed by atoms with van der Waals surface area (Å²) >= 11 is 1.34. The van der Waals surface area contributed by atoms with Crippen LogP contribution in [0.4, 0.5) is 10.5 Å². The molecule has 8 nitrogen and oxygen atoms in total. The number of hydrogen-bond donors (Lipinski definition) is 1. The standard InChI is InChI=1S/C21H29N3O5S2/c1-13-7-6-8-15(14(13)2)24-16-11-31(27,28)12-17(16)30-19(24)23-18(25)9-10-22-20(26)29-21(3,4)5/h6-8,16-17H,9-12H2,1-5H3,(H,22,26). The minimum atomic E-state index is -3.12. The Labute approximate surface area is 187 Å². The van der Waals surface area contributed by atoms with E-state index in [0.29, 0.717) is 5.17 Å². The number of sulfone groups is 1. The first-order valence-electron chi connectivity index (χ1n) is 10.2. The number of aliphatic imine (C=N–C) groups is 1. The minimum absolute atomic E-state index is 0.0254. The predicted molar refractivity (Wildman–Crippen MR) is 124 cm³/mol. The van der Waals surface area contributed by atoms with Crippen molar-refractivity contribution >= 4 is 44.5 Å². The lowest BCUT2D eigenvalue weighted by molar-refractivity contribution is -0.117. The summed E-state index contributed by atoms with van der Waals surface area (Å²) < 4.78 is 29.6. The molecule has 0 spiro atoms. The van der Waals surface area contributed by atoms with Crippen molar-refractivity contribution in [3.8, 4) is 0 Å². The molecule has 0 bridgehead atoms. The zero-order valence-corrected chi connectivity index (χ0v) is 20.1. The Balaban J connectivity index is 1.76. The van der Waals surface area contributed by atoms with Gasteiger partial charge in [-0.1, -0.05) is 23.9 Å². The van der Waals surface area contributed by atoms with Gasteiger partial charge in [0.05, 0.1) is 17.5 Å². The van der Waals surface area contributed by atoms with Crippen molar-refractivity contribution in [1.29, 1.82) is 0 Å². The van der Waals surface area contributed by atoms with E-state index in [1.54, 1.807) is 20.8 Å². The number of anilines is 1. The molecule has 10 heteroatoms. The van der Waals surface area contributed by atoms with Gasteiger partial charge in [0.2, 0.25) is 5.91 Å². The number of carbonyl (C=O) groups is 2. The van der Waals surface area contributed by atoms with Crippen LogP contribution in [-0.4, -0.2) is 60.5 Å². The van der Waals surface area contributed by atoms with Crippen molar-refractivity contribution in [2.75, 3.05) is 23.0 Å². The quantitative estimate of drug-likeness (QED) is 0.726. The van der Waals surface area contributed by atoms with Gasteiger partial charge in [-0.05, 0) is 51.8 Å². The molecule has 31 heavy (non-hydrogen) atoms. The van der Waals surface area contributed by atoms with Gasteiger partial charge < -0.3 is 15.0 Å². The van der Waals surface area contributed by atoms with E-state index in [1.807, 2.05) is 36.9 Å². The van der Waals surface area contributed by atoms with Crippen LogP contribution in [0.2, 0.25) is 0 Å². The van der Waals surface area contributed by atoms with Crippen LogP contribution in [0.3, 0.4) is 0 Å². The van der Waals surface area contributed by atoms with Gasteiger partial charge in [-0.3, -0.25) is 4.79 Å². The third-order valence-electron chi connectivity index (χ3n) is 5.13. The Morgan fingerprint density at radius 3 is 2.65 bits per heavy atom. The van der Waals surface area contributed by atoms with E-state index < -0.39 is 21.5 Å². The van der Waals surface area contributed by atoms with E-state index >= 15 is 0 Å². The van der Waals surface area contributed by atoms with Gasteiger partial charge in [-0.25, -0.2) is 13.2 Å². The van der Waals surface area contributed by atoms with Gasteiger partial charge in [0.1, 0.15) is 5.60 Å². The van der Waals surface area contributed by atoms with Crippen LogP contribution in [0.25, 0.3) is 0 Å². The first kappa shape index (κ1) is 23.6. The molecule has 2 unspecified atom stereocenters. The molecular weight excluding hydrogens is 438 g/mol. The monoisotopic (exact) mass is 467 g/mol. The molecule has 1 N–H and O–H groups in total. The summed E-state index contributed by atoms with van der Waals surface area (Å²) in [6.45, 7) is 9.38. The van der Waals surface area contributed by atoms with Gasteiger partial charge in [0.25, 0.3) is 0 Å². The number of aryl methyl sites for hydroxylation is 1. The van der Waals surface area contributed by atoms with Crippen molar-refractivity contribution in [3.63, 3.8) is 0 Å². The number of alkyl carbamates (subject to hydrolysis) is 1. The summed E-state index contributed by atoms with van der Waals surface area (Å²) in [4.78, 5) is 30.4. The normalized spacial score (nSPS) is 23.6. The highest BCUT2D eigenvalue weighted by atomic mass is 32.2. The van der Waals surface area contributed by atoms with Crippen LogP contribution < -0.4 is 10.2 Å². The summed E-state index contributed by atoms with van der Waals surface area (Å²) in [6, 6.07) is 5.60. The second-order valence-corrected chi connectivity index (χ2v) is 12.2. The lowest BCUT2D eigenvalue weighted by Gasteiger charge is -2.26.